The van der Waals surface area contributed by atoms with Gasteiger partial charge in [0, 0.05) is 4.88 Å². The first-order valence-corrected chi connectivity index (χ1v) is 12.5. The summed E-state index contributed by atoms with van der Waals surface area (Å²) in [6, 6.07) is 10.5. The van der Waals surface area contributed by atoms with Gasteiger partial charge in [-0.15, -0.1) is 11.3 Å². The van der Waals surface area contributed by atoms with E-state index >= 15 is 0 Å². The van der Waals surface area contributed by atoms with Crippen molar-refractivity contribution < 1.29 is 14.3 Å². The molecule has 1 aliphatic rings. The van der Waals surface area contributed by atoms with Crippen molar-refractivity contribution in [1.82, 2.24) is 4.57 Å². The number of esters is 1. The number of fused-ring (bicyclic) bond motifs is 1. The Balaban J connectivity index is 1.84. The Kier molecular flexibility index (Phi) is 6.93. The maximum atomic E-state index is 13.5. The lowest BCUT2D eigenvalue weighted by atomic mass is 10.0. The molecule has 0 saturated heterocycles. The van der Waals surface area contributed by atoms with Crippen LogP contribution in [0.5, 0.6) is 5.75 Å². The van der Waals surface area contributed by atoms with Crippen molar-refractivity contribution >= 4 is 50.6 Å². The highest BCUT2D eigenvalue weighted by molar-refractivity contribution is 9.10. The van der Waals surface area contributed by atoms with E-state index in [-0.39, 0.29) is 18.8 Å². The van der Waals surface area contributed by atoms with Gasteiger partial charge in [0.05, 0.1) is 26.9 Å². The topological polar surface area (TPSA) is 93.7 Å². The van der Waals surface area contributed by atoms with E-state index in [4.69, 9.17) is 14.7 Å². The molecule has 10 heteroatoms. The number of nitrogens with zero attached hydrogens (tertiary/aromatic N) is 3. The highest BCUT2D eigenvalue weighted by atomic mass is 79.9. The first kappa shape index (κ1) is 23.2. The van der Waals surface area contributed by atoms with Crippen molar-refractivity contribution in [3.05, 3.63) is 81.6 Å². The van der Waals surface area contributed by atoms with Crippen molar-refractivity contribution in [1.29, 1.82) is 5.26 Å². The van der Waals surface area contributed by atoms with Gasteiger partial charge in [0.2, 0.25) is 0 Å². The smallest absolute Gasteiger partial charge is 0.338 e. The van der Waals surface area contributed by atoms with E-state index in [0.717, 1.165) is 10.4 Å². The summed E-state index contributed by atoms with van der Waals surface area (Å²) in [6.07, 6.45) is 1.78. The van der Waals surface area contributed by atoms with Crippen molar-refractivity contribution in [2.45, 2.75) is 19.9 Å². The van der Waals surface area contributed by atoms with Crippen LogP contribution >= 0.6 is 38.6 Å². The van der Waals surface area contributed by atoms with Crippen LogP contribution in [0.2, 0.25) is 0 Å². The van der Waals surface area contributed by atoms with Crippen molar-refractivity contribution in [3.8, 4) is 11.8 Å². The molecule has 3 heterocycles. The molecule has 0 aliphatic carbocycles. The normalized spacial score (nSPS) is 15.6. The predicted molar refractivity (Wildman–Crippen MR) is 130 cm³/mol. The number of hydrogen-bond acceptors (Lipinski definition) is 8. The fraction of sp³-hybridized carbons (Fsp3) is 0.217. The number of allylic oxidation sites excluding steroid dienone is 1. The summed E-state index contributed by atoms with van der Waals surface area (Å²) in [4.78, 5) is 32.2. The monoisotopic (exact) mass is 543 g/mol. The third-order valence-electron chi connectivity index (χ3n) is 4.88. The van der Waals surface area contributed by atoms with Gasteiger partial charge in [-0.2, -0.15) is 5.26 Å². The SMILES string of the molecule is CCOC(=O)C1=C(C)N=c2s/c(=C\c3ccc(OCC#N)c(Br)c3)c(=O)n2[C@H]1c1cccs1. The van der Waals surface area contributed by atoms with Crippen LogP contribution in [0.4, 0.5) is 0 Å². The van der Waals surface area contributed by atoms with Crippen LogP contribution in [0.15, 0.2) is 61.2 Å². The van der Waals surface area contributed by atoms with Gasteiger partial charge in [-0.25, -0.2) is 9.79 Å². The minimum absolute atomic E-state index is 0.0542. The summed E-state index contributed by atoms with van der Waals surface area (Å²) in [6.45, 7) is 3.69. The lowest BCUT2D eigenvalue weighted by Gasteiger charge is -2.23. The van der Waals surface area contributed by atoms with Gasteiger partial charge in [0.1, 0.15) is 17.9 Å². The number of ether oxygens (including phenoxy) is 2. The largest absolute Gasteiger partial charge is 0.478 e. The molecular formula is C23H18BrN3O4S2. The Morgan fingerprint density at radius 1 is 1.39 bits per heavy atom. The Labute approximate surface area is 205 Å². The second-order valence-corrected chi connectivity index (χ2v) is 9.80. The number of rotatable bonds is 6. The second-order valence-electron chi connectivity index (χ2n) is 6.95. The van der Waals surface area contributed by atoms with E-state index in [1.54, 1.807) is 30.6 Å². The summed E-state index contributed by atoms with van der Waals surface area (Å²) < 4.78 is 13.4. The molecule has 0 N–H and O–H groups in total. The zero-order valence-electron chi connectivity index (χ0n) is 17.7. The van der Waals surface area contributed by atoms with E-state index in [1.165, 1.54) is 22.7 Å². The molecule has 1 aromatic carbocycles. The first-order chi connectivity index (χ1) is 15.9. The summed E-state index contributed by atoms with van der Waals surface area (Å²) in [7, 11) is 0. The van der Waals surface area contributed by atoms with Gasteiger partial charge in [-0.05, 0) is 65.0 Å². The molecule has 0 amide bonds. The third kappa shape index (κ3) is 4.57. The molecule has 168 valence electrons. The van der Waals surface area contributed by atoms with E-state index in [1.807, 2.05) is 35.7 Å². The maximum absolute atomic E-state index is 13.5. The zero-order valence-corrected chi connectivity index (χ0v) is 20.9. The van der Waals surface area contributed by atoms with E-state index in [9.17, 15) is 9.59 Å². The lowest BCUT2D eigenvalue weighted by Crippen LogP contribution is -2.39. The van der Waals surface area contributed by atoms with Crippen molar-refractivity contribution in [2.75, 3.05) is 13.2 Å². The molecule has 7 nitrogen and oxygen atoms in total. The Hall–Kier alpha value is -3.00. The Morgan fingerprint density at radius 3 is 2.88 bits per heavy atom. The van der Waals surface area contributed by atoms with Crippen LogP contribution in [0, 0.1) is 11.3 Å². The van der Waals surface area contributed by atoms with Crippen LogP contribution in [0.3, 0.4) is 0 Å². The number of nitriles is 1. The van der Waals surface area contributed by atoms with E-state index in [0.29, 0.717) is 30.8 Å². The molecule has 1 aliphatic heterocycles. The van der Waals surface area contributed by atoms with Gasteiger partial charge in [0.25, 0.3) is 5.56 Å². The predicted octanol–water partition coefficient (Wildman–Crippen LogP) is 3.52. The van der Waals surface area contributed by atoms with Crippen LogP contribution < -0.4 is 19.6 Å². The second kappa shape index (κ2) is 9.87. The Bertz CT molecular complexity index is 1460. The summed E-state index contributed by atoms with van der Waals surface area (Å²) in [5.74, 6) is 0.0749. The van der Waals surface area contributed by atoms with Crippen LogP contribution in [0.25, 0.3) is 6.08 Å². The molecule has 33 heavy (non-hydrogen) atoms. The third-order valence-corrected chi connectivity index (χ3v) is 7.40. The molecule has 3 aromatic rings. The maximum Gasteiger partial charge on any atom is 0.338 e. The molecule has 2 aromatic heterocycles. The Morgan fingerprint density at radius 2 is 2.21 bits per heavy atom. The number of thiazole rings is 1. The molecule has 0 unspecified atom stereocenters. The van der Waals surface area contributed by atoms with E-state index < -0.39 is 12.0 Å². The fourth-order valence-electron chi connectivity index (χ4n) is 3.49. The standard InChI is InChI=1S/C23H18BrN3O4S2/c1-3-30-22(29)19-13(2)26-23-27(20(19)17-5-4-10-32-17)21(28)18(33-23)12-14-6-7-16(15(24)11-14)31-9-8-25/h4-7,10-12,20H,3,9H2,1-2H3/b18-12-/t20-/m0/s1. The van der Waals surface area contributed by atoms with Gasteiger partial charge >= 0.3 is 5.97 Å². The van der Waals surface area contributed by atoms with Gasteiger partial charge in [0.15, 0.2) is 11.4 Å². The molecular weight excluding hydrogens is 526 g/mol. The summed E-state index contributed by atoms with van der Waals surface area (Å²) >= 11 is 6.18. The highest BCUT2D eigenvalue weighted by Gasteiger charge is 2.33. The number of carbonyl (C=O) groups excluding carboxylic acids is 1. The van der Waals surface area contributed by atoms with Gasteiger partial charge in [-0.3, -0.25) is 9.36 Å². The molecule has 0 spiro atoms. The number of benzene rings is 1. The first-order valence-electron chi connectivity index (χ1n) is 9.97. The molecule has 1 atom stereocenters. The number of halogens is 1. The van der Waals surface area contributed by atoms with Gasteiger partial charge < -0.3 is 9.47 Å². The molecule has 0 fully saturated rings. The molecule has 0 saturated carbocycles. The van der Waals surface area contributed by atoms with Crippen molar-refractivity contribution in [3.63, 3.8) is 0 Å². The minimum atomic E-state index is -0.587. The molecule has 0 radical (unpaired) electrons. The van der Waals surface area contributed by atoms with Crippen molar-refractivity contribution in [2.24, 2.45) is 4.99 Å². The minimum Gasteiger partial charge on any atom is -0.478 e. The van der Waals surface area contributed by atoms with Crippen LogP contribution in [-0.4, -0.2) is 23.8 Å². The average molecular weight is 544 g/mol. The lowest BCUT2D eigenvalue weighted by molar-refractivity contribution is -0.139. The summed E-state index contributed by atoms with van der Waals surface area (Å²) in [5.41, 5.74) is 1.47. The number of aromatic nitrogens is 1. The quantitative estimate of drug-likeness (QED) is 0.443. The zero-order chi connectivity index (χ0) is 23.5. The van der Waals surface area contributed by atoms with E-state index in [2.05, 4.69) is 20.9 Å². The molecule has 4 rings (SSSR count). The molecule has 0 bridgehead atoms. The highest BCUT2D eigenvalue weighted by Crippen LogP contribution is 2.33. The number of carbonyl (C=O) groups is 1. The number of thiophene rings is 1. The summed E-state index contributed by atoms with van der Waals surface area (Å²) in [5, 5.41) is 10.6. The fourth-order valence-corrected chi connectivity index (χ4v) is 5.87. The van der Waals surface area contributed by atoms with Crippen LogP contribution in [-0.2, 0) is 9.53 Å². The van der Waals surface area contributed by atoms with Gasteiger partial charge in [-0.1, -0.05) is 23.5 Å². The number of hydrogen-bond donors (Lipinski definition) is 0. The van der Waals surface area contributed by atoms with Crippen LogP contribution in [0.1, 0.15) is 30.3 Å². The average Bonchev–Trinajstić information content (AvgIpc) is 3.41.